The lowest BCUT2D eigenvalue weighted by atomic mass is 10.1. The zero-order valence-corrected chi connectivity index (χ0v) is 14.3. The van der Waals surface area contributed by atoms with Crippen molar-refractivity contribution in [3.63, 3.8) is 0 Å². The first kappa shape index (κ1) is 17.0. The minimum Gasteiger partial charge on any atom is -0.375 e. The van der Waals surface area contributed by atoms with E-state index in [2.05, 4.69) is 31.2 Å². The van der Waals surface area contributed by atoms with Gasteiger partial charge in [0.25, 0.3) is 0 Å². The largest absolute Gasteiger partial charge is 0.375 e. The molecular formula is C16H28N4O2. The zero-order valence-electron chi connectivity index (χ0n) is 14.3. The van der Waals surface area contributed by atoms with Crippen molar-refractivity contribution in [2.24, 2.45) is 0 Å². The Morgan fingerprint density at radius 2 is 2.23 bits per heavy atom. The molecule has 6 nitrogen and oxygen atoms in total. The topological polar surface area (TPSA) is 59.4 Å². The molecule has 0 unspecified atom stereocenters. The number of ether oxygens (including phenoxy) is 1. The Morgan fingerprint density at radius 3 is 2.77 bits per heavy atom. The quantitative estimate of drug-likeness (QED) is 0.894. The third-order valence-electron chi connectivity index (χ3n) is 4.19. The average molecular weight is 308 g/mol. The zero-order chi connectivity index (χ0) is 16.3. The second-order valence-corrected chi connectivity index (χ2v) is 6.34. The fourth-order valence-corrected chi connectivity index (χ4v) is 2.86. The summed E-state index contributed by atoms with van der Waals surface area (Å²) in [7, 11) is 1.85. The highest BCUT2D eigenvalue weighted by atomic mass is 16.5. The molecule has 2 rings (SSSR count). The molecule has 0 aliphatic carbocycles. The highest BCUT2D eigenvalue weighted by Crippen LogP contribution is 2.19. The van der Waals surface area contributed by atoms with E-state index in [1.807, 2.05) is 18.7 Å². The van der Waals surface area contributed by atoms with Gasteiger partial charge in [-0.2, -0.15) is 5.10 Å². The monoisotopic (exact) mass is 308 g/mol. The van der Waals surface area contributed by atoms with E-state index in [-0.39, 0.29) is 12.0 Å². The lowest BCUT2D eigenvalue weighted by molar-refractivity contribution is -0.133. The highest BCUT2D eigenvalue weighted by Gasteiger charge is 2.22. The van der Waals surface area contributed by atoms with E-state index in [4.69, 9.17) is 4.74 Å². The van der Waals surface area contributed by atoms with Crippen molar-refractivity contribution in [3.8, 4) is 0 Å². The van der Waals surface area contributed by atoms with Crippen molar-refractivity contribution < 1.29 is 9.53 Å². The standard InChI is InChI=1S/C16H28N4O2/c1-11(2)20-13(4)15(12(3)18-20)10-19(5)16(21)8-14-9-17-6-7-22-14/h11,14,17H,6-10H2,1-5H3/t14-/m0/s1. The van der Waals surface area contributed by atoms with Gasteiger partial charge in [0, 0.05) is 44.0 Å². The normalized spacial score (nSPS) is 18.7. The summed E-state index contributed by atoms with van der Waals surface area (Å²) in [6.07, 6.45) is 0.421. The molecule has 22 heavy (non-hydrogen) atoms. The van der Waals surface area contributed by atoms with E-state index in [0.29, 0.717) is 25.6 Å². The van der Waals surface area contributed by atoms with Gasteiger partial charge in [-0.25, -0.2) is 0 Å². The smallest absolute Gasteiger partial charge is 0.225 e. The Bertz CT molecular complexity index is 518. The second kappa shape index (κ2) is 7.24. The molecule has 1 aliphatic rings. The fourth-order valence-electron chi connectivity index (χ4n) is 2.86. The van der Waals surface area contributed by atoms with E-state index in [9.17, 15) is 4.79 Å². The molecule has 1 saturated heterocycles. The molecule has 1 aliphatic heterocycles. The maximum Gasteiger partial charge on any atom is 0.225 e. The molecule has 1 amide bonds. The average Bonchev–Trinajstić information content (AvgIpc) is 2.76. The maximum atomic E-state index is 12.4. The van der Waals surface area contributed by atoms with Crippen molar-refractivity contribution in [1.29, 1.82) is 0 Å². The summed E-state index contributed by atoms with van der Waals surface area (Å²) in [4.78, 5) is 14.1. The van der Waals surface area contributed by atoms with E-state index >= 15 is 0 Å². The van der Waals surface area contributed by atoms with Crippen LogP contribution in [-0.2, 0) is 16.1 Å². The number of amides is 1. The molecule has 1 atom stereocenters. The van der Waals surface area contributed by atoms with E-state index in [1.165, 1.54) is 0 Å². The molecule has 1 N–H and O–H groups in total. The first-order valence-electron chi connectivity index (χ1n) is 8.01. The van der Waals surface area contributed by atoms with Crippen molar-refractivity contribution >= 4 is 5.91 Å². The molecule has 1 fully saturated rings. The van der Waals surface area contributed by atoms with Crippen LogP contribution in [0.5, 0.6) is 0 Å². The third-order valence-corrected chi connectivity index (χ3v) is 4.19. The summed E-state index contributed by atoms with van der Waals surface area (Å²) in [6.45, 7) is 11.2. The molecule has 0 spiro atoms. The second-order valence-electron chi connectivity index (χ2n) is 6.34. The van der Waals surface area contributed by atoms with E-state index < -0.39 is 0 Å². The number of carbonyl (C=O) groups is 1. The van der Waals surface area contributed by atoms with Crippen LogP contribution in [0.1, 0.15) is 43.3 Å². The van der Waals surface area contributed by atoms with Gasteiger partial charge in [0.1, 0.15) is 0 Å². The number of nitrogens with one attached hydrogen (secondary N) is 1. The Balaban J connectivity index is 1.99. The van der Waals surface area contributed by atoms with E-state index in [1.54, 1.807) is 4.90 Å². The van der Waals surface area contributed by atoms with Gasteiger partial charge in [-0.15, -0.1) is 0 Å². The minimum absolute atomic E-state index is 0.00992. The summed E-state index contributed by atoms with van der Waals surface area (Å²) < 4.78 is 7.63. The van der Waals surface area contributed by atoms with Crippen LogP contribution in [0.4, 0.5) is 0 Å². The number of hydrogen-bond donors (Lipinski definition) is 1. The number of rotatable bonds is 5. The van der Waals surface area contributed by atoms with Crippen molar-refractivity contribution in [2.45, 2.75) is 52.8 Å². The Morgan fingerprint density at radius 1 is 1.50 bits per heavy atom. The predicted octanol–water partition coefficient (Wildman–Crippen LogP) is 1.42. The fraction of sp³-hybridized carbons (Fsp3) is 0.750. The number of morpholine rings is 1. The molecule has 1 aromatic rings. The SMILES string of the molecule is Cc1nn(C(C)C)c(C)c1CN(C)C(=O)C[C@H]1CNCCO1. The predicted molar refractivity (Wildman–Crippen MR) is 85.8 cm³/mol. The third kappa shape index (κ3) is 3.87. The van der Waals surface area contributed by atoms with Crippen LogP contribution in [0, 0.1) is 13.8 Å². The lowest BCUT2D eigenvalue weighted by Gasteiger charge is -2.25. The molecule has 6 heteroatoms. The lowest BCUT2D eigenvalue weighted by Crippen LogP contribution is -2.41. The summed E-state index contributed by atoms with van der Waals surface area (Å²) in [5.41, 5.74) is 3.29. The molecule has 0 radical (unpaired) electrons. The van der Waals surface area contributed by atoms with Gasteiger partial charge in [0.05, 0.1) is 24.8 Å². The number of aromatic nitrogens is 2. The van der Waals surface area contributed by atoms with Crippen LogP contribution >= 0.6 is 0 Å². The number of carbonyl (C=O) groups excluding carboxylic acids is 1. The first-order chi connectivity index (χ1) is 10.4. The number of aryl methyl sites for hydroxylation is 1. The molecule has 1 aromatic heterocycles. The molecule has 2 heterocycles. The van der Waals surface area contributed by atoms with Gasteiger partial charge in [0.15, 0.2) is 0 Å². The van der Waals surface area contributed by atoms with Gasteiger partial charge < -0.3 is 15.0 Å². The summed E-state index contributed by atoms with van der Waals surface area (Å²) in [5, 5.41) is 7.84. The molecule has 0 bridgehead atoms. The first-order valence-corrected chi connectivity index (χ1v) is 8.01. The van der Waals surface area contributed by atoms with Gasteiger partial charge in [-0.3, -0.25) is 9.48 Å². The van der Waals surface area contributed by atoms with Crippen molar-refractivity contribution in [3.05, 3.63) is 17.0 Å². The summed E-state index contributed by atoms with van der Waals surface area (Å²) in [6, 6.07) is 0.329. The van der Waals surface area contributed by atoms with Crippen LogP contribution < -0.4 is 5.32 Å². The van der Waals surface area contributed by atoms with Gasteiger partial charge in [0.2, 0.25) is 5.91 Å². The van der Waals surface area contributed by atoms with Crippen LogP contribution in [0.3, 0.4) is 0 Å². The van der Waals surface area contributed by atoms with Crippen LogP contribution in [0.2, 0.25) is 0 Å². The number of nitrogens with zero attached hydrogens (tertiary/aromatic N) is 3. The highest BCUT2D eigenvalue weighted by molar-refractivity contribution is 5.76. The summed E-state index contributed by atoms with van der Waals surface area (Å²) >= 11 is 0. The van der Waals surface area contributed by atoms with Crippen molar-refractivity contribution in [1.82, 2.24) is 20.0 Å². The van der Waals surface area contributed by atoms with Gasteiger partial charge in [-0.1, -0.05) is 0 Å². The molecule has 124 valence electrons. The van der Waals surface area contributed by atoms with Crippen LogP contribution in [0.25, 0.3) is 0 Å². The summed E-state index contributed by atoms with van der Waals surface area (Å²) in [5.74, 6) is 0.116. The Labute approximate surface area is 132 Å². The van der Waals surface area contributed by atoms with Gasteiger partial charge >= 0.3 is 0 Å². The van der Waals surface area contributed by atoms with E-state index in [0.717, 1.165) is 30.0 Å². The molecule has 0 aromatic carbocycles. The van der Waals surface area contributed by atoms with Gasteiger partial charge in [-0.05, 0) is 27.7 Å². The Kier molecular flexibility index (Phi) is 5.58. The van der Waals surface area contributed by atoms with Crippen LogP contribution in [-0.4, -0.2) is 53.4 Å². The van der Waals surface area contributed by atoms with Crippen molar-refractivity contribution in [2.75, 3.05) is 26.7 Å². The minimum atomic E-state index is -0.00992. The Hall–Kier alpha value is -1.40. The number of hydrogen-bond acceptors (Lipinski definition) is 4. The molecule has 0 saturated carbocycles. The van der Waals surface area contributed by atoms with Crippen LogP contribution in [0.15, 0.2) is 0 Å². The maximum absolute atomic E-state index is 12.4. The molecular weight excluding hydrogens is 280 g/mol.